The Bertz CT molecular complexity index is 1080. The molecule has 0 saturated carbocycles. The summed E-state index contributed by atoms with van der Waals surface area (Å²) in [5, 5.41) is 12.6. The molecule has 0 spiro atoms. The number of likely N-dealkylation sites (tertiary alicyclic amines) is 1. The molecule has 2 heterocycles. The molecular weight excluding hydrogens is 458 g/mol. The van der Waals surface area contributed by atoms with Gasteiger partial charge in [-0.25, -0.2) is 0 Å². The number of carbonyl (C=O) groups excluding carboxylic acids is 2. The van der Waals surface area contributed by atoms with Gasteiger partial charge < -0.3 is 20.1 Å². The number of hydrogen-bond donors (Lipinski definition) is 4. The molecule has 1 saturated heterocycles. The van der Waals surface area contributed by atoms with Crippen LogP contribution in [0.4, 0.5) is 5.69 Å². The standard InChI is InChI=1S/C24H31N3O6S/c1-26(21(14-27-9-8-18(28)13-27)17-4-3-5-19(12-17)33-2)24(30)11-16-6-7-22-20(10-16)25-23(29)15-34(22,31)32/h3-7,10,12,18,21,28,31-32H,8-9,11,13-15H2,1-2H3,(H,25,29)/t18-,21+/m0/s1. The number of nitrogens with one attached hydrogen (secondary N) is 1. The van der Waals surface area contributed by atoms with Crippen LogP contribution >= 0.6 is 10.6 Å². The summed E-state index contributed by atoms with van der Waals surface area (Å²) in [5.41, 5.74) is 1.93. The van der Waals surface area contributed by atoms with Crippen LogP contribution < -0.4 is 10.1 Å². The molecule has 9 nitrogen and oxygen atoms in total. The van der Waals surface area contributed by atoms with Gasteiger partial charge in [0.25, 0.3) is 0 Å². The van der Waals surface area contributed by atoms with E-state index in [2.05, 4.69) is 10.2 Å². The number of rotatable bonds is 7. The monoisotopic (exact) mass is 489 g/mol. The van der Waals surface area contributed by atoms with Crippen LogP contribution in [0.3, 0.4) is 0 Å². The smallest absolute Gasteiger partial charge is 0.244 e. The second kappa shape index (κ2) is 9.93. The van der Waals surface area contributed by atoms with Gasteiger partial charge in [0.05, 0.1) is 36.3 Å². The molecule has 2 aromatic rings. The van der Waals surface area contributed by atoms with E-state index in [1.54, 1.807) is 37.3 Å². The van der Waals surface area contributed by atoms with Crippen molar-refractivity contribution in [2.75, 3.05) is 44.9 Å². The molecule has 2 amide bonds. The molecule has 4 rings (SSSR count). The normalized spacial score (nSPS) is 21.3. The average Bonchev–Trinajstić information content (AvgIpc) is 3.20. The summed E-state index contributed by atoms with van der Waals surface area (Å²) in [6.45, 7) is 1.91. The molecule has 2 aliphatic rings. The number of fused-ring (bicyclic) bond motifs is 1. The third-order valence-electron chi connectivity index (χ3n) is 6.38. The van der Waals surface area contributed by atoms with Gasteiger partial charge in [0, 0.05) is 26.7 Å². The van der Waals surface area contributed by atoms with Crippen LogP contribution in [0.1, 0.15) is 23.6 Å². The molecule has 4 N–H and O–H groups in total. The Labute approximate surface area is 200 Å². The zero-order chi connectivity index (χ0) is 24.5. The van der Waals surface area contributed by atoms with E-state index in [0.717, 1.165) is 12.1 Å². The Morgan fingerprint density at radius 2 is 2.09 bits per heavy atom. The molecule has 184 valence electrons. The highest BCUT2D eigenvalue weighted by atomic mass is 32.3. The fourth-order valence-corrected chi connectivity index (χ4v) is 5.85. The summed E-state index contributed by atoms with van der Waals surface area (Å²) in [5.74, 6) is -0.233. The first-order valence-corrected chi connectivity index (χ1v) is 12.9. The number of amides is 2. The summed E-state index contributed by atoms with van der Waals surface area (Å²) >= 11 is 0. The predicted molar refractivity (Wildman–Crippen MR) is 130 cm³/mol. The highest BCUT2D eigenvalue weighted by Crippen LogP contribution is 2.53. The van der Waals surface area contributed by atoms with Gasteiger partial charge in [-0.15, -0.1) is 0 Å². The molecule has 0 unspecified atom stereocenters. The van der Waals surface area contributed by atoms with E-state index in [0.29, 0.717) is 41.4 Å². The Morgan fingerprint density at radius 3 is 2.79 bits per heavy atom. The van der Waals surface area contributed by atoms with E-state index in [-0.39, 0.29) is 30.2 Å². The summed E-state index contributed by atoms with van der Waals surface area (Å²) in [4.78, 5) is 29.3. The summed E-state index contributed by atoms with van der Waals surface area (Å²) in [6.07, 6.45) is 0.440. The third kappa shape index (κ3) is 5.37. The van der Waals surface area contributed by atoms with Gasteiger partial charge in [0.15, 0.2) is 0 Å². The van der Waals surface area contributed by atoms with Gasteiger partial charge in [-0.1, -0.05) is 18.2 Å². The quantitative estimate of drug-likeness (QED) is 0.471. The van der Waals surface area contributed by atoms with Crippen LogP contribution in [-0.4, -0.2) is 81.5 Å². The fourth-order valence-electron chi connectivity index (χ4n) is 4.51. The van der Waals surface area contributed by atoms with E-state index >= 15 is 0 Å². The molecule has 1 fully saturated rings. The van der Waals surface area contributed by atoms with Crippen molar-refractivity contribution in [1.29, 1.82) is 0 Å². The Morgan fingerprint density at radius 1 is 1.29 bits per heavy atom. The molecule has 10 heteroatoms. The highest BCUT2D eigenvalue weighted by molar-refractivity contribution is 8.25. The summed E-state index contributed by atoms with van der Waals surface area (Å²) < 4.78 is 25.8. The molecule has 2 aromatic carbocycles. The van der Waals surface area contributed by atoms with Crippen molar-refractivity contribution in [3.8, 4) is 5.75 Å². The van der Waals surface area contributed by atoms with Crippen LogP contribution in [0.5, 0.6) is 5.75 Å². The van der Waals surface area contributed by atoms with E-state index < -0.39 is 16.5 Å². The predicted octanol–water partition coefficient (Wildman–Crippen LogP) is 2.57. The molecular formula is C24H31N3O6S. The maximum absolute atomic E-state index is 13.3. The number of likely N-dealkylation sites (N-methyl/N-ethyl adjacent to an activating group) is 1. The van der Waals surface area contributed by atoms with Crippen LogP contribution in [0, 0.1) is 0 Å². The number of aliphatic hydroxyl groups is 1. The number of hydrogen-bond acceptors (Lipinski definition) is 7. The second-order valence-corrected chi connectivity index (χ2v) is 10.9. The molecule has 2 aliphatic heterocycles. The number of aliphatic hydroxyl groups excluding tert-OH is 1. The van der Waals surface area contributed by atoms with Crippen molar-refractivity contribution >= 4 is 28.1 Å². The lowest BCUT2D eigenvalue weighted by Crippen LogP contribution is -2.39. The number of methoxy groups -OCH3 is 1. The lowest BCUT2D eigenvalue weighted by atomic mass is 10.0. The number of β-amino-alcohol motifs (C(OH)–C–C–N with tert-alkyl or cyclic N) is 1. The van der Waals surface area contributed by atoms with Crippen molar-refractivity contribution in [3.05, 3.63) is 53.6 Å². The van der Waals surface area contributed by atoms with Crippen molar-refractivity contribution in [1.82, 2.24) is 9.80 Å². The Kier molecular flexibility index (Phi) is 7.15. The van der Waals surface area contributed by atoms with Crippen LogP contribution in [0.2, 0.25) is 0 Å². The topological polar surface area (TPSA) is 123 Å². The molecule has 34 heavy (non-hydrogen) atoms. The largest absolute Gasteiger partial charge is 0.497 e. The first kappa shape index (κ1) is 24.5. The lowest BCUT2D eigenvalue weighted by Gasteiger charge is -2.37. The minimum absolute atomic E-state index is 0.0853. The van der Waals surface area contributed by atoms with Crippen molar-refractivity contribution in [2.45, 2.75) is 29.9 Å². The van der Waals surface area contributed by atoms with Gasteiger partial charge in [0.2, 0.25) is 11.8 Å². The van der Waals surface area contributed by atoms with Gasteiger partial charge in [0.1, 0.15) is 11.5 Å². The van der Waals surface area contributed by atoms with Crippen molar-refractivity contribution in [2.24, 2.45) is 0 Å². The van der Waals surface area contributed by atoms with E-state index in [4.69, 9.17) is 4.74 Å². The summed E-state index contributed by atoms with van der Waals surface area (Å²) in [6, 6.07) is 12.3. The molecule has 0 bridgehead atoms. The summed E-state index contributed by atoms with van der Waals surface area (Å²) in [7, 11) is 0.189. The average molecular weight is 490 g/mol. The van der Waals surface area contributed by atoms with Crippen LogP contribution in [0.25, 0.3) is 0 Å². The molecule has 0 aromatic heterocycles. The van der Waals surface area contributed by atoms with E-state index in [9.17, 15) is 23.8 Å². The third-order valence-corrected chi connectivity index (χ3v) is 8.10. The number of carbonyl (C=O) groups is 2. The molecule has 0 aliphatic carbocycles. The number of nitrogens with zero attached hydrogens (tertiary/aromatic N) is 2. The number of anilines is 1. The molecule has 0 radical (unpaired) electrons. The Hall–Kier alpha value is -2.63. The van der Waals surface area contributed by atoms with Gasteiger partial charge in [-0.2, -0.15) is 10.6 Å². The van der Waals surface area contributed by atoms with Gasteiger partial charge >= 0.3 is 0 Å². The zero-order valence-electron chi connectivity index (χ0n) is 19.3. The van der Waals surface area contributed by atoms with Gasteiger partial charge in [-0.3, -0.25) is 23.6 Å². The highest BCUT2D eigenvalue weighted by Gasteiger charge is 2.31. The number of ether oxygens (including phenoxy) is 1. The molecule has 2 atom stereocenters. The minimum atomic E-state index is -3.17. The Balaban J connectivity index is 1.55. The SMILES string of the molecule is COc1cccc([C@@H](CN2CC[C@H](O)C2)N(C)C(=O)Cc2ccc3c(c2)NC(=O)CS3(O)O)c1. The first-order chi connectivity index (χ1) is 16.2. The van der Waals surface area contributed by atoms with Crippen molar-refractivity contribution < 1.29 is 28.5 Å². The second-order valence-electron chi connectivity index (χ2n) is 8.87. The maximum Gasteiger partial charge on any atom is 0.244 e. The fraction of sp³-hybridized carbons (Fsp3) is 0.417. The van der Waals surface area contributed by atoms with Crippen LogP contribution in [0.15, 0.2) is 47.4 Å². The number of benzene rings is 2. The van der Waals surface area contributed by atoms with Gasteiger partial charge in [-0.05, 0) is 41.8 Å². The zero-order valence-corrected chi connectivity index (χ0v) is 20.1. The minimum Gasteiger partial charge on any atom is -0.497 e. The van der Waals surface area contributed by atoms with E-state index in [1.165, 1.54) is 0 Å². The van der Waals surface area contributed by atoms with Crippen LogP contribution in [-0.2, 0) is 16.0 Å². The first-order valence-electron chi connectivity index (χ1n) is 11.1. The van der Waals surface area contributed by atoms with Crippen molar-refractivity contribution in [3.63, 3.8) is 0 Å². The van der Waals surface area contributed by atoms with E-state index in [1.807, 2.05) is 24.3 Å². The maximum atomic E-state index is 13.3. The lowest BCUT2D eigenvalue weighted by molar-refractivity contribution is -0.131.